The number of aromatic amines is 1. The summed E-state index contributed by atoms with van der Waals surface area (Å²) in [5, 5.41) is 18.5. The first kappa shape index (κ1) is 18.7. The number of hydrogen-bond donors (Lipinski definition) is 1. The van der Waals surface area contributed by atoms with Crippen LogP contribution in [-0.4, -0.2) is 15.4 Å². The predicted octanol–water partition coefficient (Wildman–Crippen LogP) is 4.73. The van der Waals surface area contributed by atoms with E-state index in [9.17, 15) is 17.6 Å². The summed E-state index contributed by atoms with van der Waals surface area (Å²) < 4.78 is 57.8. The molecule has 2 aromatic carbocycles. The average molecular weight is 397 g/mol. The Morgan fingerprint density at radius 3 is 2.63 bits per heavy atom. The molecule has 0 aliphatic heterocycles. The minimum absolute atomic E-state index is 0.0382. The third kappa shape index (κ3) is 4.35. The molecule has 0 aliphatic carbocycles. The van der Waals surface area contributed by atoms with Crippen molar-refractivity contribution in [1.82, 2.24) is 15.4 Å². The highest BCUT2D eigenvalue weighted by Gasteiger charge is 2.31. The molecule has 0 aliphatic rings. The number of nitrogens with zero attached hydrogens (tertiary/aromatic N) is 3. The molecule has 0 unspecified atom stereocenters. The van der Waals surface area contributed by atoms with E-state index in [1.54, 1.807) is 0 Å². The number of alkyl halides is 3. The van der Waals surface area contributed by atoms with Crippen LogP contribution in [0.1, 0.15) is 16.8 Å². The molecule has 0 bridgehead atoms. The Morgan fingerprint density at radius 1 is 1.15 bits per heavy atom. The predicted molar refractivity (Wildman–Crippen MR) is 87.3 cm³/mol. The van der Waals surface area contributed by atoms with E-state index in [4.69, 9.17) is 21.6 Å². The molecule has 0 spiro atoms. The molecule has 0 radical (unpaired) electrons. The molecule has 5 nitrogen and oxygen atoms in total. The van der Waals surface area contributed by atoms with E-state index in [1.807, 2.05) is 6.07 Å². The van der Waals surface area contributed by atoms with Gasteiger partial charge in [-0.1, -0.05) is 16.8 Å². The summed E-state index contributed by atoms with van der Waals surface area (Å²) in [6, 6.07) is 8.45. The molecule has 1 aromatic heterocycles. The van der Waals surface area contributed by atoms with Gasteiger partial charge in [0, 0.05) is 16.7 Å². The van der Waals surface area contributed by atoms with Crippen LogP contribution >= 0.6 is 11.6 Å². The minimum Gasteiger partial charge on any atom is -0.489 e. The Hall–Kier alpha value is -3.12. The van der Waals surface area contributed by atoms with Gasteiger partial charge in [0.25, 0.3) is 0 Å². The van der Waals surface area contributed by atoms with Crippen molar-refractivity contribution in [3.8, 4) is 23.1 Å². The summed E-state index contributed by atoms with van der Waals surface area (Å²) >= 11 is 5.72. The molecule has 3 aromatic rings. The number of rotatable bonds is 4. The topological polar surface area (TPSA) is 74.6 Å². The Kier molecular flexibility index (Phi) is 5.01. The molecule has 0 saturated heterocycles. The Labute approximate surface area is 155 Å². The molecular weight excluding hydrogens is 388 g/mol. The first-order valence-electron chi connectivity index (χ1n) is 7.38. The fourth-order valence-electron chi connectivity index (χ4n) is 2.35. The number of ether oxygens (including phenoxy) is 1. The zero-order chi connectivity index (χ0) is 19.6. The van der Waals surface area contributed by atoms with Gasteiger partial charge in [0.2, 0.25) is 0 Å². The van der Waals surface area contributed by atoms with Crippen LogP contribution < -0.4 is 4.74 Å². The van der Waals surface area contributed by atoms with Crippen molar-refractivity contribution in [2.45, 2.75) is 12.8 Å². The molecular formula is C17H9ClF4N4O. The minimum atomic E-state index is -4.55. The number of nitriles is 1. The van der Waals surface area contributed by atoms with E-state index in [2.05, 4.69) is 15.4 Å². The Balaban J connectivity index is 1.85. The van der Waals surface area contributed by atoms with E-state index >= 15 is 0 Å². The molecule has 3 rings (SSSR count). The summed E-state index contributed by atoms with van der Waals surface area (Å²) in [7, 11) is 0. The maximum absolute atomic E-state index is 13.9. The highest BCUT2D eigenvalue weighted by atomic mass is 35.5. The highest BCUT2D eigenvalue weighted by Crippen LogP contribution is 2.32. The van der Waals surface area contributed by atoms with Gasteiger partial charge in [0.05, 0.1) is 5.56 Å². The quantitative estimate of drug-likeness (QED) is 0.647. The number of aromatic nitrogens is 3. The third-order valence-electron chi connectivity index (χ3n) is 3.50. The van der Waals surface area contributed by atoms with Crippen molar-refractivity contribution >= 4 is 11.6 Å². The van der Waals surface area contributed by atoms with Gasteiger partial charge >= 0.3 is 6.18 Å². The molecule has 0 fully saturated rings. The van der Waals surface area contributed by atoms with Gasteiger partial charge < -0.3 is 4.74 Å². The fraction of sp³-hybridized carbons (Fsp3) is 0.118. The van der Waals surface area contributed by atoms with E-state index in [0.29, 0.717) is 0 Å². The normalized spacial score (nSPS) is 11.3. The van der Waals surface area contributed by atoms with Gasteiger partial charge in [-0.15, -0.1) is 5.10 Å². The van der Waals surface area contributed by atoms with Gasteiger partial charge in [-0.25, -0.2) is 9.49 Å². The molecule has 0 saturated carbocycles. The number of nitrogens with one attached hydrogen (secondary N) is 1. The van der Waals surface area contributed by atoms with Crippen molar-refractivity contribution in [1.29, 1.82) is 5.26 Å². The van der Waals surface area contributed by atoms with Gasteiger partial charge in [-0.05, 0) is 35.9 Å². The van der Waals surface area contributed by atoms with Crippen molar-refractivity contribution in [2.75, 3.05) is 0 Å². The zero-order valence-corrected chi connectivity index (χ0v) is 14.1. The van der Waals surface area contributed by atoms with Crippen LogP contribution in [0.15, 0.2) is 36.4 Å². The van der Waals surface area contributed by atoms with Gasteiger partial charge in [-0.3, -0.25) is 0 Å². The molecule has 1 heterocycles. The van der Waals surface area contributed by atoms with Gasteiger partial charge in [0.15, 0.2) is 5.69 Å². The second-order valence-electron chi connectivity index (χ2n) is 5.46. The van der Waals surface area contributed by atoms with Crippen molar-refractivity contribution in [3.05, 3.63) is 64.1 Å². The number of benzene rings is 2. The number of H-pyrrole nitrogens is 1. The molecule has 27 heavy (non-hydrogen) atoms. The first-order chi connectivity index (χ1) is 12.8. The van der Waals surface area contributed by atoms with Crippen LogP contribution in [-0.2, 0) is 12.8 Å². The Morgan fingerprint density at radius 2 is 1.93 bits per heavy atom. The van der Waals surface area contributed by atoms with E-state index in [0.717, 1.165) is 24.3 Å². The van der Waals surface area contributed by atoms with E-state index in [1.165, 1.54) is 12.1 Å². The SMILES string of the molecule is N#Cc1[nH]nnc1-c1cc(F)cc(OCc2cc(Cl)cc(C(F)(F)F)c2)c1. The second-order valence-corrected chi connectivity index (χ2v) is 5.89. The maximum Gasteiger partial charge on any atom is 0.416 e. The van der Waals surface area contributed by atoms with Crippen LogP contribution in [0.5, 0.6) is 5.75 Å². The average Bonchev–Trinajstić information content (AvgIpc) is 3.07. The van der Waals surface area contributed by atoms with Crippen molar-refractivity contribution in [3.63, 3.8) is 0 Å². The second kappa shape index (κ2) is 7.25. The lowest BCUT2D eigenvalue weighted by molar-refractivity contribution is -0.137. The molecule has 138 valence electrons. The van der Waals surface area contributed by atoms with E-state index in [-0.39, 0.29) is 39.9 Å². The molecule has 1 N–H and O–H groups in total. The van der Waals surface area contributed by atoms with Gasteiger partial charge in [0.1, 0.15) is 29.9 Å². The van der Waals surface area contributed by atoms with Crippen LogP contribution in [0.3, 0.4) is 0 Å². The van der Waals surface area contributed by atoms with Gasteiger partial charge in [-0.2, -0.15) is 18.4 Å². The smallest absolute Gasteiger partial charge is 0.416 e. The van der Waals surface area contributed by atoms with Crippen LogP contribution in [0.25, 0.3) is 11.3 Å². The lowest BCUT2D eigenvalue weighted by Crippen LogP contribution is -2.06. The molecule has 0 atom stereocenters. The fourth-order valence-corrected chi connectivity index (χ4v) is 2.61. The standard InChI is InChI=1S/C17H9ClF4N4O/c18-12-2-9(1-11(5-12)17(20,21)22)8-27-14-4-10(3-13(19)6-14)16-15(7-23)24-26-25-16/h1-6H,8H2,(H,24,25,26). The summed E-state index contributed by atoms with van der Waals surface area (Å²) in [6.45, 7) is -0.267. The molecule has 0 amide bonds. The molecule has 10 heteroatoms. The van der Waals surface area contributed by atoms with Crippen LogP contribution in [0.2, 0.25) is 5.02 Å². The summed E-state index contributed by atoms with van der Waals surface area (Å²) in [5.74, 6) is -0.623. The first-order valence-corrected chi connectivity index (χ1v) is 7.75. The summed E-state index contributed by atoms with van der Waals surface area (Å²) in [5.41, 5.74) is -0.341. The summed E-state index contributed by atoms with van der Waals surface area (Å²) in [4.78, 5) is 0. The van der Waals surface area contributed by atoms with Crippen LogP contribution in [0, 0.1) is 17.1 Å². The van der Waals surface area contributed by atoms with Crippen molar-refractivity contribution in [2.24, 2.45) is 0 Å². The number of hydrogen-bond acceptors (Lipinski definition) is 4. The van der Waals surface area contributed by atoms with E-state index < -0.39 is 17.6 Å². The maximum atomic E-state index is 13.9. The third-order valence-corrected chi connectivity index (χ3v) is 3.71. The van der Waals surface area contributed by atoms with Crippen LogP contribution in [0.4, 0.5) is 17.6 Å². The lowest BCUT2D eigenvalue weighted by atomic mass is 10.1. The lowest BCUT2D eigenvalue weighted by Gasteiger charge is -2.12. The highest BCUT2D eigenvalue weighted by molar-refractivity contribution is 6.30. The summed E-state index contributed by atoms with van der Waals surface area (Å²) in [6.07, 6.45) is -4.55. The largest absolute Gasteiger partial charge is 0.489 e. The Bertz CT molecular complexity index is 1030. The monoisotopic (exact) mass is 396 g/mol. The zero-order valence-electron chi connectivity index (χ0n) is 13.3. The number of halogens is 5. The van der Waals surface area contributed by atoms with Crippen molar-refractivity contribution < 1.29 is 22.3 Å².